The van der Waals surface area contributed by atoms with Crippen molar-refractivity contribution in [3.05, 3.63) is 24.3 Å². The average molecular weight is 311 g/mol. The van der Waals surface area contributed by atoms with Crippen LogP contribution in [0.3, 0.4) is 0 Å². The van der Waals surface area contributed by atoms with Crippen LogP contribution in [0.15, 0.2) is 24.3 Å². The van der Waals surface area contributed by atoms with E-state index in [-0.39, 0.29) is 6.03 Å². The van der Waals surface area contributed by atoms with E-state index in [1.165, 1.54) is 6.92 Å². The molecule has 7 nitrogen and oxygen atoms in total. The van der Waals surface area contributed by atoms with Crippen LogP contribution < -0.4 is 15.5 Å². The Bertz CT molecular complexity index is 654. The van der Waals surface area contributed by atoms with Gasteiger partial charge in [-0.3, -0.25) is 9.69 Å². The number of amides is 3. The van der Waals surface area contributed by atoms with E-state index in [1.807, 2.05) is 0 Å². The van der Waals surface area contributed by atoms with Gasteiger partial charge in [0.15, 0.2) is 9.84 Å². The van der Waals surface area contributed by atoms with Crippen LogP contribution in [0.2, 0.25) is 0 Å². The lowest BCUT2D eigenvalue weighted by Crippen LogP contribution is -2.31. The van der Waals surface area contributed by atoms with Gasteiger partial charge in [0.05, 0.1) is 0 Å². The highest BCUT2D eigenvalue weighted by Crippen LogP contribution is 2.19. The van der Waals surface area contributed by atoms with Crippen molar-refractivity contribution in [1.82, 2.24) is 5.32 Å². The molecule has 1 aliphatic rings. The number of anilines is 2. The fourth-order valence-electron chi connectivity index (χ4n) is 1.88. The van der Waals surface area contributed by atoms with Gasteiger partial charge in [0, 0.05) is 30.7 Å². The Kier molecular flexibility index (Phi) is 4.17. The van der Waals surface area contributed by atoms with Crippen molar-refractivity contribution < 1.29 is 18.0 Å². The summed E-state index contributed by atoms with van der Waals surface area (Å²) in [5, 5.41) is 4.13. The number of nitrogens with one attached hydrogen (secondary N) is 2. The zero-order chi connectivity index (χ0) is 15.6. The number of nitrogens with zero attached hydrogens (tertiary/aromatic N) is 1. The minimum absolute atomic E-state index is 0.155. The topological polar surface area (TPSA) is 95.6 Å². The molecule has 2 rings (SSSR count). The van der Waals surface area contributed by atoms with E-state index < -0.39 is 21.0 Å². The number of carbonyl (C=O) groups is 2. The van der Waals surface area contributed by atoms with Crippen molar-refractivity contribution in [1.29, 1.82) is 0 Å². The maximum Gasteiger partial charge on any atom is 0.321 e. The number of rotatable bonds is 4. The van der Waals surface area contributed by atoms with Gasteiger partial charge in [0.1, 0.15) is 5.25 Å². The van der Waals surface area contributed by atoms with Crippen LogP contribution in [0.1, 0.15) is 6.92 Å². The first-order valence-corrected chi connectivity index (χ1v) is 8.39. The second-order valence-electron chi connectivity index (χ2n) is 4.89. The van der Waals surface area contributed by atoms with Crippen molar-refractivity contribution >= 4 is 33.2 Å². The second-order valence-corrected chi connectivity index (χ2v) is 7.26. The van der Waals surface area contributed by atoms with Gasteiger partial charge in [-0.1, -0.05) is 0 Å². The largest absolute Gasteiger partial charge is 0.336 e. The molecule has 0 aromatic heterocycles. The molecule has 1 aromatic carbocycles. The quantitative estimate of drug-likeness (QED) is 0.850. The molecule has 8 heteroatoms. The summed E-state index contributed by atoms with van der Waals surface area (Å²) in [4.78, 5) is 24.9. The first-order valence-electron chi connectivity index (χ1n) is 6.44. The van der Waals surface area contributed by atoms with E-state index in [1.54, 1.807) is 29.2 Å². The molecule has 1 heterocycles. The van der Waals surface area contributed by atoms with Gasteiger partial charge in [0.2, 0.25) is 5.91 Å². The van der Waals surface area contributed by atoms with Crippen molar-refractivity contribution in [3.63, 3.8) is 0 Å². The van der Waals surface area contributed by atoms with E-state index in [2.05, 4.69) is 10.6 Å². The molecule has 1 aromatic rings. The summed E-state index contributed by atoms with van der Waals surface area (Å²) in [6, 6.07) is 6.51. The molecule has 0 bridgehead atoms. The Labute approximate surface area is 123 Å². The standard InChI is InChI=1S/C13H17N3O4S/c1-9(21(2,19)20)12(17)15-10-3-5-11(6-4-10)16-8-7-14-13(16)18/h3-6,9H,7-8H2,1-2H3,(H,14,18)(H,15,17). The third-order valence-electron chi connectivity index (χ3n) is 3.31. The third kappa shape index (κ3) is 3.52. The lowest BCUT2D eigenvalue weighted by molar-refractivity contribution is -0.115. The van der Waals surface area contributed by atoms with Gasteiger partial charge in [-0.2, -0.15) is 0 Å². The van der Waals surface area contributed by atoms with Crippen molar-refractivity contribution in [2.45, 2.75) is 12.2 Å². The molecular weight excluding hydrogens is 294 g/mol. The monoisotopic (exact) mass is 311 g/mol. The van der Waals surface area contributed by atoms with Crippen molar-refractivity contribution in [3.8, 4) is 0 Å². The number of benzene rings is 1. The van der Waals surface area contributed by atoms with E-state index in [9.17, 15) is 18.0 Å². The summed E-state index contributed by atoms with van der Waals surface area (Å²) in [6.07, 6.45) is 1.02. The van der Waals surface area contributed by atoms with Gasteiger partial charge in [0.25, 0.3) is 0 Å². The molecule has 3 amide bonds. The molecule has 1 unspecified atom stereocenters. The molecule has 114 valence electrons. The number of carbonyl (C=O) groups excluding carboxylic acids is 2. The minimum Gasteiger partial charge on any atom is -0.336 e. The van der Waals surface area contributed by atoms with Crippen LogP contribution in [0.5, 0.6) is 0 Å². The van der Waals surface area contributed by atoms with Crippen LogP contribution in [0.25, 0.3) is 0 Å². The van der Waals surface area contributed by atoms with E-state index in [0.717, 1.165) is 11.9 Å². The predicted octanol–water partition coefficient (Wildman–Crippen LogP) is 0.588. The number of sulfone groups is 1. The number of hydrogen-bond acceptors (Lipinski definition) is 4. The first-order chi connectivity index (χ1) is 9.79. The van der Waals surface area contributed by atoms with E-state index >= 15 is 0 Å². The minimum atomic E-state index is -3.42. The van der Waals surface area contributed by atoms with Gasteiger partial charge >= 0.3 is 6.03 Å². The Morgan fingerprint density at radius 2 is 1.95 bits per heavy atom. The Balaban J connectivity index is 2.06. The van der Waals surface area contributed by atoms with Gasteiger partial charge < -0.3 is 10.6 Å². The van der Waals surface area contributed by atoms with E-state index in [4.69, 9.17) is 0 Å². The van der Waals surface area contributed by atoms with Crippen LogP contribution in [-0.4, -0.2) is 45.0 Å². The third-order valence-corrected chi connectivity index (χ3v) is 4.81. The Morgan fingerprint density at radius 3 is 2.43 bits per heavy atom. The van der Waals surface area contributed by atoms with Gasteiger partial charge in [-0.25, -0.2) is 13.2 Å². The lowest BCUT2D eigenvalue weighted by atomic mass is 10.2. The molecule has 1 saturated heterocycles. The molecule has 0 aliphatic carbocycles. The first kappa shape index (κ1) is 15.3. The number of urea groups is 1. The van der Waals surface area contributed by atoms with Crippen LogP contribution in [-0.2, 0) is 14.6 Å². The maximum absolute atomic E-state index is 11.8. The Hall–Kier alpha value is -2.09. The van der Waals surface area contributed by atoms with Crippen LogP contribution >= 0.6 is 0 Å². The predicted molar refractivity (Wildman–Crippen MR) is 80.1 cm³/mol. The normalized spacial score (nSPS) is 16.5. The summed E-state index contributed by atoms with van der Waals surface area (Å²) in [5.41, 5.74) is 1.21. The summed E-state index contributed by atoms with van der Waals surface area (Å²) in [7, 11) is -3.42. The summed E-state index contributed by atoms with van der Waals surface area (Å²) < 4.78 is 22.6. The van der Waals surface area contributed by atoms with Crippen molar-refractivity contribution in [2.75, 3.05) is 29.6 Å². The van der Waals surface area contributed by atoms with Crippen LogP contribution in [0.4, 0.5) is 16.2 Å². The molecule has 2 N–H and O–H groups in total. The highest BCUT2D eigenvalue weighted by Gasteiger charge is 2.24. The summed E-state index contributed by atoms with van der Waals surface area (Å²) in [5.74, 6) is -0.579. The zero-order valence-electron chi connectivity index (χ0n) is 11.8. The fraction of sp³-hybridized carbons (Fsp3) is 0.385. The van der Waals surface area contributed by atoms with Gasteiger partial charge in [-0.15, -0.1) is 0 Å². The highest BCUT2D eigenvalue weighted by atomic mass is 32.2. The van der Waals surface area contributed by atoms with Gasteiger partial charge in [-0.05, 0) is 31.2 Å². The SMILES string of the molecule is CC(C(=O)Nc1ccc(N2CCNC2=O)cc1)S(C)(=O)=O. The fourth-order valence-corrected chi connectivity index (χ4v) is 2.33. The molecular formula is C13H17N3O4S. The lowest BCUT2D eigenvalue weighted by Gasteiger charge is -2.15. The average Bonchev–Trinajstić information content (AvgIpc) is 2.84. The molecule has 21 heavy (non-hydrogen) atoms. The smallest absolute Gasteiger partial charge is 0.321 e. The second kappa shape index (κ2) is 5.72. The molecule has 1 atom stereocenters. The maximum atomic E-state index is 11.8. The molecule has 0 saturated carbocycles. The highest BCUT2D eigenvalue weighted by molar-refractivity contribution is 7.92. The van der Waals surface area contributed by atoms with Crippen molar-refractivity contribution in [2.24, 2.45) is 0 Å². The Morgan fingerprint density at radius 1 is 1.33 bits per heavy atom. The summed E-state index contributed by atoms with van der Waals surface area (Å²) in [6.45, 7) is 2.53. The number of hydrogen-bond donors (Lipinski definition) is 2. The zero-order valence-corrected chi connectivity index (χ0v) is 12.6. The molecule has 0 radical (unpaired) electrons. The van der Waals surface area contributed by atoms with E-state index in [0.29, 0.717) is 18.8 Å². The van der Waals surface area contributed by atoms with Crippen LogP contribution in [0, 0.1) is 0 Å². The summed E-state index contributed by atoms with van der Waals surface area (Å²) >= 11 is 0. The molecule has 0 spiro atoms. The molecule has 1 aliphatic heterocycles. The molecule has 1 fully saturated rings.